The van der Waals surface area contributed by atoms with Gasteiger partial charge in [-0.05, 0) is 57.6 Å². The van der Waals surface area contributed by atoms with Crippen molar-refractivity contribution in [1.29, 1.82) is 0 Å². The van der Waals surface area contributed by atoms with Gasteiger partial charge in [0.1, 0.15) is 0 Å². The van der Waals surface area contributed by atoms with Crippen LogP contribution in [-0.2, 0) is 0 Å². The van der Waals surface area contributed by atoms with Crippen LogP contribution in [0.2, 0.25) is 0 Å². The van der Waals surface area contributed by atoms with E-state index in [1.54, 1.807) is 0 Å². The Labute approximate surface area is 120 Å². The first-order valence-corrected chi connectivity index (χ1v) is 7.06. The molecule has 2 rings (SSSR count). The van der Waals surface area contributed by atoms with Crippen molar-refractivity contribution in [3.05, 3.63) is 29.3 Å². The third kappa shape index (κ3) is 3.11. The zero-order chi connectivity index (χ0) is 14.7. The fourth-order valence-corrected chi connectivity index (χ4v) is 2.86. The number of aryl methyl sites for hydroxylation is 1. The van der Waals surface area contributed by atoms with E-state index in [4.69, 9.17) is 5.84 Å². The number of anilines is 1. The lowest BCUT2D eigenvalue weighted by Crippen LogP contribution is -2.41. The summed E-state index contributed by atoms with van der Waals surface area (Å²) in [6.45, 7) is 3.73. The minimum Gasteiger partial charge on any atom is -0.334 e. The number of benzene rings is 1. The lowest BCUT2D eigenvalue weighted by Gasteiger charge is -2.27. The molecule has 0 bridgehead atoms. The Bertz CT molecular complexity index is 487. The normalized spacial score (nSPS) is 18.6. The quantitative estimate of drug-likeness (QED) is 0.645. The number of likely N-dealkylation sites (N-methyl/N-ethyl adjacent to an activating group) is 1. The molecular weight excluding hydrogens is 252 g/mol. The summed E-state index contributed by atoms with van der Waals surface area (Å²) in [6.07, 6.45) is 2.18. The summed E-state index contributed by atoms with van der Waals surface area (Å²) in [5.41, 5.74) is 5.16. The lowest BCUT2D eigenvalue weighted by molar-refractivity contribution is 0.0716. The molecule has 3 N–H and O–H groups in total. The molecule has 1 fully saturated rings. The molecule has 1 aliphatic heterocycles. The van der Waals surface area contributed by atoms with Crippen molar-refractivity contribution >= 4 is 11.6 Å². The highest BCUT2D eigenvalue weighted by Gasteiger charge is 2.30. The van der Waals surface area contributed by atoms with E-state index >= 15 is 0 Å². The second-order valence-corrected chi connectivity index (χ2v) is 5.73. The van der Waals surface area contributed by atoms with Crippen molar-refractivity contribution in [3.8, 4) is 0 Å². The van der Waals surface area contributed by atoms with Gasteiger partial charge < -0.3 is 15.2 Å². The molecule has 0 spiro atoms. The molecule has 1 aromatic carbocycles. The van der Waals surface area contributed by atoms with Gasteiger partial charge in [0.05, 0.1) is 0 Å². The van der Waals surface area contributed by atoms with Gasteiger partial charge in [-0.2, -0.15) is 0 Å². The molecule has 1 aromatic rings. The molecular formula is C15H24N4O. The lowest BCUT2D eigenvalue weighted by atomic mass is 10.1. The second kappa shape index (κ2) is 6.24. The zero-order valence-corrected chi connectivity index (χ0v) is 12.5. The van der Waals surface area contributed by atoms with Crippen LogP contribution in [0.1, 0.15) is 28.8 Å². The van der Waals surface area contributed by atoms with Crippen molar-refractivity contribution in [3.63, 3.8) is 0 Å². The zero-order valence-electron chi connectivity index (χ0n) is 12.5. The number of likely N-dealkylation sites (tertiary alicyclic amines) is 1. The Morgan fingerprint density at radius 1 is 1.50 bits per heavy atom. The third-order valence-electron chi connectivity index (χ3n) is 3.84. The van der Waals surface area contributed by atoms with Gasteiger partial charge in [-0.25, -0.2) is 0 Å². The van der Waals surface area contributed by atoms with Gasteiger partial charge in [0, 0.05) is 30.4 Å². The molecule has 1 heterocycles. The Kier molecular flexibility index (Phi) is 4.62. The number of nitrogens with zero attached hydrogens (tertiary/aromatic N) is 2. The first-order chi connectivity index (χ1) is 9.52. The van der Waals surface area contributed by atoms with Crippen molar-refractivity contribution in [2.45, 2.75) is 25.8 Å². The summed E-state index contributed by atoms with van der Waals surface area (Å²) in [7, 11) is 4.10. The summed E-state index contributed by atoms with van der Waals surface area (Å²) in [6, 6.07) is 5.93. The number of nitrogens with two attached hydrogens (primary N) is 1. The van der Waals surface area contributed by atoms with Crippen molar-refractivity contribution < 1.29 is 4.79 Å². The molecule has 0 aromatic heterocycles. The summed E-state index contributed by atoms with van der Waals surface area (Å²) in [5.74, 6) is 5.53. The van der Waals surface area contributed by atoms with Crippen molar-refractivity contribution in [2.24, 2.45) is 5.84 Å². The minimum atomic E-state index is 0.135. The Hall–Kier alpha value is -1.59. The van der Waals surface area contributed by atoms with Gasteiger partial charge in [-0.1, -0.05) is 0 Å². The number of hydrazine groups is 1. The monoisotopic (exact) mass is 276 g/mol. The van der Waals surface area contributed by atoms with Gasteiger partial charge >= 0.3 is 0 Å². The molecule has 1 aliphatic rings. The maximum atomic E-state index is 12.7. The summed E-state index contributed by atoms with van der Waals surface area (Å²) >= 11 is 0. The van der Waals surface area contributed by atoms with E-state index in [-0.39, 0.29) is 5.91 Å². The van der Waals surface area contributed by atoms with Gasteiger partial charge in [0.25, 0.3) is 5.91 Å². The number of carbonyl (C=O) groups excluding carboxylic acids is 1. The fourth-order valence-electron chi connectivity index (χ4n) is 2.86. The van der Waals surface area contributed by atoms with Crippen molar-refractivity contribution in [1.82, 2.24) is 9.80 Å². The van der Waals surface area contributed by atoms with Crippen LogP contribution < -0.4 is 11.3 Å². The SMILES string of the molecule is Cc1cc(NN)ccc1C(=O)N1CCCC1CN(C)C. The van der Waals surface area contributed by atoms with Crippen LogP contribution in [-0.4, -0.2) is 48.9 Å². The summed E-state index contributed by atoms with van der Waals surface area (Å²) in [4.78, 5) is 16.9. The molecule has 0 aliphatic carbocycles. The van der Waals surface area contributed by atoms with E-state index in [1.165, 1.54) is 0 Å². The molecule has 20 heavy (non-hydrogen) atoms. The van der Waals surface area contributed by atoms with E-state index in [2.05, 4.69) is 10.3 Å². The highest BCUT2D eigenvalue weighted by Crippen LogP contribution is 2.23. The molecule has 110 valence electrons. The molecule has 5 nitrogen and oxygen atoms in total. The number of hydrogen-bond donors (Lipinski definition) is 2. The van der Waals surface area contributed by atoms with Gasteiger partial charge in [-0.15, -0.1) is 0 Å². The van der Waals surface area contributed by atoms with E-state index in [0.29, 0.717) is 6.04 Å². The average molecular weight is 276 g/mol. The molecule has 1 saturated heterocycles. The van der Waals surface area contributed by atoms with E-state index < -0.39 is 0 Å². The molecule has 1 amide bonds. The van der Waals surface area contributed by atoms with Crippen LogP contribution in [0.15, 0.2) is 18.2 Å². The second-order valence-electron chi connectivity index (χ2n) is 5.73. The maximum Gasteiger partial charge on any atom is 0.254 e. The highest BCUT2D eigenvalue weighted by molar-refractivity contribution is 5.96. The van der Waals surface area contributed by atoms with E-state index in [9.17, 15) is 4.79 Å². The molecule has 0 radical (unpaired) electrons. The largest absolute Gasteiger partial charge is 0.334 e. The Morgan fingerprint density at radius 3 is 2.85 bits per heavy atom. The van der Waals surface area contributed by atoms with Crippen molar-refractivity contribution in [2.75, 3.05) is 32.6 Å². The number of amides is 1. The number of nitrogen functional groups attached to an aromatic ring is 1. The summed E-state index contributed by atoms with van der Waals surface area (Å²) in [5, 5.41) is 0. The van der Waals surface area contributed by atoms with Crippen LogP contribution >= 0.6 is 0 Å². The number of carbonyl (C=O) groups is 1. The smallest absolute Gasteiger partial charge is 0.254 e. The first-order valence-electron chi connectivity index (χ1n) is 7.06. The van der Waals surface area contributed by atoms with Crippen LogP contribution in [0.3, 0.4) is 0 Å². The molecule has 0 saturated carbocycles. The third-order valence-corrected chi connectivity index (χ3v) is 3.84. The predicted octanol–water partition coefficient (Wildman–Crippen LogP) is 1.45. The minimum absolute atomic E-state index is 0.135. The standard InChI is InChI=1S/C15H24N4O/c1-11-9-12(17-16)6-7-14(11)15(20)19-8-4-5-13(19)10-18(2)3/h6-7,9,13,17H,4-5,8,10,16H2,1-3H3. The number of nitrogens with one attached hydrogen (secondary N) is 1. The van der Waals surface area contributed by atoms with Gasteiger partial charge in [-0.3, -0.25) is 10.6 Å². The topological polar surface area (TPSA) is 61.6 Å². The van der Waals surface area contributed by atoms with Crippen LogP contribution in [0.5, 0.6) is 0 Å². The fraction of sp³-hybridized carbons (Fsp3) is 0.533. The highest BCUT2D eigenvalue weighted by atomic mass is 16.2. The van der Waals surface area contributed by atoms with Crippen LogP contribution in [0.25, 0.3) is 0 Å². The average Bonchev–Trinajstić information content (AvgIpc) is 2.85. The van der Waals surface area contributed by atoms with Crippen LogP contribution in [0, 0.1) is 6.92 Å². The predicted molar refractivity (Wildman–Crippen MR) is 81.6 cm³/mol. The first kappa shape index (κ1) is 14.8. The number of rotatable bonds is 4. The van der Waals surface area contributed by atoms with Crippen LogP contribution in [0.4, 0.5) is 5.69 Å². The molecule has 1 unspecified atom stereocenters. The van der Waals surface area contributed by atoms with E-state index in [0.717, 1.165) is 42.7 Å². The summed E-state index contributed by atoms with van der Waals surface area (Å²) < 4.78 is 0. The van der Waals surface area contributed by atoms with Gasteiger partial charge in [0.15, 0.2) is 0 Å². The number of hydrogen-bond acceptors (Lipinski definition) is 4. The Morgan fingerprint density at radius 2 is 2.25 bits per heavy atom. The maximum absolute atomic E-state index is 12.7. The van der Waals surface area contributed by atoms with E-state index in [1.807, 2.05) is 44.1 Å². The molecule has 1 atom stereocenters. The van der Waals surface area contributed by atoms with Gasteiger partial charge in [0.2, 0.25) is 0 Å². The molecule has 5 heteroatoms. The Balaban J connectivity index is 2.18.